The molecule has 0 unspecified atom stereocenters. The molecule has 0 heterocycles. The number of benzene rings is 3. The van der Waals surface area contributed by atoms with E-state index >= 15 is 0 Å². The summed E-state index contributed by atoms with van der Waals surface area (Å²) in [6.45, 7) is 4.63. The molecule has 6 nitrogen and oxygen atoms in total. The van der Waals surface area contributed by atoms with Crippen LogP contribution in [0, 0.1) is 0 Å². The number of rotatable bonds is 9. The van der Waals surface area contributed by atoms with Crippen molar-refractivity contribution in [1.29, 1.82) is 0 Å². The molecule has 0 fully saturated rings. The van der Waals surface area contributed by atoms with Gasteiger partial charge in [0.05, 0.1) is 19.8 Å². The molecule has 3 aromatic carbocycles. The monoisotopic (exact) mass is 418 g/mol. The molecule has 0 saturated heterocycles. The van der Waals surface area contributed by atoms with Gasteiger partial charge in [0.25, 0.3) is 5.91 Å². The molecule has 160 valence electrons. The number of amides is 2. The van der Waals surface area contributed by atoms with Crippen molar-refractivity contribution in [2.45, 2.75) is 13.8 Å². The highest BCUT2D eigenvalue weighted by Crippen LogP contribution is 2.30. The van der Waals surface area contributed by atoms with Gasteiger partial charge in [0, 0.05) is 17.3 Å². The SMILES string of the molecule is CCOc1ccc(NC(=O)CNC(=O)c2ccc(-c3ccccc3)cc2)cc1OCC. The van der Waals surface area contributed by atoms with Crippen LogP contribution in [0.4, 0.5) is 5.69 Å². The first-order valence-corrected chi connectivity index (χ1v) is 10.2. The maximum atomic E-state index is 12.4. The molecule has 3 rings (SSSR count). The van der Waals surface area contributed by atoms with Gasteiger partial charge in [0.2, 0.25) is 5.91 Å². The van der Waals surface area contributed by atoms with E-state index in [0.717, 1.165) is 11.1 Å². The number of carbonyl (C=O) groups excluding carboxylic acids is 2. The summed E-state index contributed by atoms with van der Waals surface area (Å²) in [5.74, 6) is 0.539. The summed E-state index contributed by atoms with van der Waals surface area (Å²) in [5.41, 5.74) is 3.16. The quantitative estimate of drug-likeness (QED) is 0.536. The molecule has 0 saturated carbocycles. The van der Waals surface area contributed by atoms with Gasteiger partial charge in [0.15, 0.2) is 11.5 Å². The lowest BCUT2D eigenvalue weighted by atomic mass is 10.0. The Morgan fingerprint density at radius 1 is 0.774 bits per heavy atom. The zero-order chi connectivity index (χ0) is 22.1. The van der Waals surface area contributed by atoms with E-state index in [9.17, 15) is 9.59 Å². The van der Waals surface area contributed by atoms with Gasteiger partial charge < -0.3 is 20.1 Å². The number of hydrogen-bond donors (Lipinski definition) is 2. The summed E-state index contributed by atoms with van der Waals surface area (Å²) in [7, 11) is 0. The van der Waals surface area contributed by atoms with E-state index in [-0.39, 0.29) is 18.4 Å². The zero-order valence-electron chi connectivity index (χ0n) is 17.7. The van der Waals surface area contributed by atoms with Gasteiger partial charge >= 0.3 is 0 Å². The third kappa shape index (κ3) is 6.09. The smallest absolute Gasteiger partial charge is 0.251 e. The van der Waals surface area contributed by atoms with Crippen molar-refractivity contribution >= 4 is 17.5 Å². The molecule has 2 N–H and O–H groups in total. The molecular weight excluding hydrogens is 392 g/mol. The summed E-state index contributed by atoms with van der Waals surface area (Å²) >= 11 is 0. The van der Waals surface area contributed by atoms with E-state index in [4.69, 9.17) is 9.47 Å². The fraction of sp³-hybridized carbons (Fsp3) is 0.200. The van der Waals surface area contributed by atoms with Gasteiger partial charge in [0.1, 0.15) is 0 Å². The Morgan fingerprint density at radius 3 is 2.10 bits per heavy atom. The molecule has 0 radical (unpaired) electrons. The molecule has 0 aliphatic carbocycles. The third-order valence-corrected chi connectivity index (χ3v) is 4.49. The summed E-state index contributed by atoms with van der Waals surface area (Å²) in [6.07, 6.45) is 0. The Morgan fingerprint density at radius 2 is 1.42 bits per heavy atom. The van der Waals surface area contributed by atoms with Crippen molar-refractivity contribution in [3.8, 4) is 22.6 Å². The van der Waals surface area contributed by atoms with Crippen LogP contribution in [-0.2, 0) is 4.79 Å². The molecule has 0 bridgehead atoms. The van der Waals surface area contributed by atoms with E-state index in [2.05, 4.69) is 10.6 Å². The summed E-state index contributed by atoms with van der Waals surface area (Å²) in [6, 6.07) is 22.4. The van der Waals surface area contributed by atoms with Crippen molar-refractivity contribution in [2.75, 3.05) is 25.1 Å². The number of anilines is 1. The normalized spacial score (nSPS) is 10.3. The summed E-state index contributed by atoms with van der Waals surface area (Å²) < 4.78 is 11.1. The number of ether oxygens (including phenoxy) is 2. The maximum Gasteiger partial charge on any atom is 0.251 e. The van der Waals surface area contributed by atoms with Crippen molar-refractivity contribution in [2.24, 2.45) is 0 Å². The van der Waals surface area contributed by atoms with Gasteiger partial charge in [-0.15, -0.1) is 0 Å². The first-order valence-electron chi connectivity index (χ1n) is 10.2. The minimum absolute atomic E-state index is 0.142. The van der Waals surface area contributed by atoms with E-state index in [1.54, 1.807) is 30.3 Å². The molecule has 6 heteroatoms. The Bertz CT molecular complexity index is 1020. The van der Waals surface area contributed by atoms with Crippen LogP contribution in [0.2, 0.25) is 0 Å². The van der Waals surface area contributed by atoms with Gasteiger partial charge in [-0.3, -0.25) is 9.59 Å². The molecule has 3 aromatic rings. The third-order valence-electron chi connectivity index (χ3n) is 4.49. The van der Waals surface area contributed by atoms with Gasteiger partial charge in [-0.25, -0.2) is 0 Å². The van der Waals surface area contributed by atoms with Crippen LogP contribution in [0.1, 0.15) is 24.2 Å². The van der Waals surface area contributed by atoms with Crippen LogP contribution < -0.4 is 20.1 Å². The highest BCUT2D eigenvalue weighted by atomic mass is 16.5. The van der Waals surface area contributed by atoms with Gasteiger partial charge in [-0.1, -0.05) is 42.5 Å². The molecule has 0 aromatic heterocycles. The predicted molar refractivity (Wildman–Crippen MR) is 122 cm³/mol. The lowest BCUT2D eigenvalue weighted by Crippen LogP contribution is -2.32. The van der Waals surface area contributed by atoms with Crippen LogP contribution >= 0.6 is 0 Å². The van der Waals surface area contributed by atoms with E-state index in [1.807, 2.05) is 56.3 Å². The lowest BCUT2D eigenvalue weighted by molar-refractivity contribution is -0.115. The highest BCUT2D eigenvalue weighted by molar-refractivity contribution is 5.99. The van der Waals surface area contributed by atoms with Gasteiger partial charge in [-0.2, -0.15) is 0 Å². The average molecular weight is 418 g/mol. The molecule has 0 aliphatic rings. The first kappa shape index (κ1) is 21.9. The standard InChI is InChI=1S/C25H26N2O4/c1-3-30-22-15-14-21(16-23(22)31-4-2)27-24(28)17-26-25(29)20-12-10-19(11-13-20)18-8-6-5-7-9-18/h5-16H,3-4,17H2,1-2H3,(H,26,29)(H,27,28). The molecule has 0 atom stereocenters. The Hall–Kier alpha value is -3.80. The van der Waals surface area contributed by atoms with Crippen molar-refractivity contribution in [3.05, 3.63) is 78.4 Å². The second-order valence-electron chi connectivity index (χ2n) is 6.70. The first-order chi connectivity index (χ1) is 15.1. The molecule has 0 spiro atoms. The highest BCUT2D eigenvalue weighted by Gasteiger charge is 2.11. The second-order valence-corrected chi connectivity index (χ2v) is 6.70. The van der Waals surface area contributed by atoms with E-state index < -0.39 is 0 Å². The number of hydrogen-bond acceptors (Lipinski definition) is 4. The molecular formula is C25H26N2O4. The number of nitrogens with one attached hydrogen (secondary N) is 2. The van der Waals surface area contributed by atoms with Crippen LogP contribution in [0.5, 0.6) is 11.5 Å². The van der Waals surface area contributed by atoms with Crippen LogP contribution in [0.15, 0.2) is 72.8 Å². The van der Waals surface area contributed by atoms with Crippen molar-refractivity contribution < 1.29 is 19.1 Å². The molecule has 31 heavy (non-hydrogen) atoms. The van der Waals surface area contributed by atoms with E-state index in [0.29, 0.717) is 36.0 Å². The van der Waals surface area contributed by atoms with Crippen LogP contribution in [0.25, 0.3) is 11.1 Å². The maximum absolute atomic E-state index is 12.4. The Balaban J connectivity index is 1.55. The van der Waals surface area contributed by atoms with Crippen molar-refractivity contribution in [3.63, 3.8) is 0 Å². The minimum Gasteiger partial charge on any atom is -0.490 e. The fourth-order valence-electron chi connectivity index (χ4n) is 3.04. The van der Waals surface area contributed by atoms with Crippen molar-refractivity contribution in [1.82, 2.24) is 5.32 Å². The van der Waals surface area contributed by atoms with E-state index in [1.165, 1.54) is 0 Å². The van der Waals surface area contributed by atoms with Crippen LogP contribution in [-0.4, -0.2) is 31.6 Å². The topological polar surface area (TPSA) is 76.7 Å². The summed E-state index contributed by atoms with van der Waals surface area (Å²) in [4.78, 5) is 24.6. The largest absolute Gasteiger partial charge is 0.490 e. The zero-order valence-corrected chi connectivity index (χ0v) is 17.7. The number of carbonyl (C=O) groups is 2. The van der Waals surface area contributed by atoms with Crippen LogP contribution in [0.3, 0.4) is 0 Å². The molecule has 2 amide bonds. The van der Waals surface area contributed by atoms with Gasteiger partial charge in [-0.05, 0) is 49.2 Å². The average Bonchev–Trinajstić information content (AvgIpc) is 2.80. The predicted octanol–water partition coefficient (Wildman–Crippen LogP) is 4.52. The minimum atomic E-state index is -0.333. The summed E-state index contributed by atoms with van der Waals surface area (Å²) in [5, 5.41) is 5.40. The second kappa shape index (κ2) is 10.8. The molecule has 0 aliphatic heterocycles. The fourth-order valence-corrected chi connectivity index (χ4v) is 3.04. The lowest BCUT2D eigenvalue weighted by Gasteiger charge is -2.13. The Kier molecular flexibility index (Phi) is 7.65. The Labute approximate surface area is 182 Å².